The van der Waals surface area contributed by atoms with Crippen LogP contribution in [0.5, 0.6) is 0 Å². The fraction of sp³-hybridized carbons (Fsp3) is 0.143. The lowest BCUT2D eigenvalue weighted by molar-refractivity contribution is 0.202. The van der Waals surface area contributed by atoms with Gasteiger partial charge in [-0.1, -0.05) is 6.07 Å². The molecule has 1 aromatic carbocycles. The number of nitrogens with zero attached hydrogens (tertiary/aromatic N) is 2. The molecule has 0 saturated heterocycles. The van der Waals surface area contributed by atoms with Crippen molar-refractivity contribution in [2.24, 2.45) is 0 Å². The van der Waals surface area contributed by atoms with Gasteiger partial charge in [0.25, 0.3) is 0 Å². The molecule has 108 valence electrons. The normalized spacial score (nSPS) is 13.1. The van der Waals surface area contributed by atoms with Crippen molar-refractivity contribution in [2.75, 3.05) is 22.5 Å². The Balaban J connectivity index is 1.92. The number of amides is 1. The summed E-state index contributed by atoms with van der Waals surface area (Å²) in [6, 6.07) is 9.13. The number of hydrogen-bond acceptors (Lipinski definition) is 4. The van der Waals surface area contributed by atoms with E-state index in [4.69, 9.17) is 5.73 Å². The molecule has 0 aliphatic carbocycles. The Morgan fingerprint density at radius 1 is 1.38 bits per heavy atom. The number of nitrogens with two attached hydrogens (primary N) is 1. The molecule has 0 fully saturated rings. The third kappa shape index (κ3) is 2.64. The highest BCUT2D eigenvalue weighted by molar-refractivity contribution is 9.10. The van der Waals surface area contributed by atoms with E-state index in [1.165, 1.54) is 4.90 Å². The second kappa shape index (κ2) is 5.25. The molecule has 0 unspecified atom stereocenters. The molecule has 0 spiro atoms. The molecule has 0 saturated carbocycles. The third-order valence-electron chi connectivity index (χ3n) is 3.37. The van der Waals surface area contributed by atoms with Crippen LogP contribution in [0.2, 0.25) is 0 Å². The molecule has 1 aliphatic heterocycles. The van der Waals surface area contributed by atoms with E-state index in [-0.39, 0.29) is 0 Å². The minimum Gasteiger partial charge on any atom is -0.465 e. The summed E-state index contributed by atoms with van der Waals surface area (Å²) in [7, 11) is 0. The average molecular weight is 349 g/mol. The lowest BCUT2D eigenvalue weighted by Gasteiger charge is -2.15. The van der Waals surface area contributed by atoms with Gasteiger partial charge in [-0.15, -0.1) is 0 Å². The highest BCUT2D eigenvalue weighted by Crippen LogP contribution is 2.32. The fourth-order valence-electron chi connectivity index (χ4n) is 2.34. The molecule has 0 bridgehead atoms. The van der Waals surface area contributed by atoms with Crippen molar-refractivity contribution in [3.05, 3.63) is 40.5 Å². The molecule has 1 aromatic heterocycles. The number of anilines is 4. The molecule has 0 atom stereocenters. The van der Waals surface area contributed by atoms with Crippen LogP contribution >= 0.6 is 15.9 Å². The van der Waals surface area contributed by atoms with Crippen LogP contribution < -0.4 is 16.0 Å². The molecule has 4 N–H and O–H groups in total. The quantitative estimate of drug-likeness (QED) is 0.724. The number of pyridine rings is 1. The van der Waals surface area contributed by atoms with Crippen molar-refractivity contribution >= 4 is 44.9 Å². The predicted octanol–water partition coefficient (Wildman–Crippen LogP) is 3.21. The zero-order chi connectivity index (χ0) is 15.0. The van der Waals surface area contributed by atoms with Gasteiger partial charge >= 0.3 is 6.09 Å². The molecule has 0 radical (unpaired) electrons. The molecule has 3 rings (SSSR count). The highest BCUT2D eigenvalue weighted by Gasteiger charge is 2.24. The first-order chi connectivity index (χ1) is 10.0. The van der Waals surface area contributed by atoms with Crippen LogP contribution in [0.15, 0.2) is 34.9 Å². The molecular weight excluding hydrogens is 336 g/mol. The summed E-state index contributed by atoms with van der Waals surface area (Å²) in [6.45, 7) is 0.491. The Morgan fingerprint density at radius 3 is 2.95 bits per heavy atom. The van der Waals surface area contributed by atoms with Crippen LogP contribution in [0, 0.1) is 0 Å². The molecule has 2 heterocycles. The van der Waals surface area contributed by atoms with E-state index < -0.39 is 6.09 Å². The van der Waals surface area contributed by atoms with Gasteiger partial charge in [-0.3, -0.25) is 4.90 Å². The smallest absolute Gasteiger partial charge is 0.411 e. The number of hydrogen-bond donors (Lipinski definition) is 3. The van der Waals surface area contributed by atoms with Gasteiger partial charge in [-0.05, 0) is 52.2 Å². The molecular formula is C14H13BrN4O2. The van der Waals surface area contributed by atoms with E-state index in [0.717, 1.165) is 17.7 Å². The van der Waals surface area contributed by atoms with Crippen LogP contribution in [0.4, 0.5) is 27.7 Å². The van der Waals surface area contributed by atoms with Crippen molar-refractivity contribution in [3.8, 4) is 0 Å². The van der Waals surface area contributed by atoms with Crippen LogP contribution in [-0.4, -0.2) is 22.7 Å². The average Bonchev–Trinajstić information content (AvgIpc) is 2.86. The summed E-state index contributed by atoms with van der Waals surface area (Å²) in [5.74, 6) is 0.532. The van der Waals surface area contributed by atoms with Crippen molar-refractivity contribution in [3.63, 3.8) is 0 Å². The van der Waals surface area contributed by atoms with E-state index in [2.05, 4.69) is 26.2 Å². The van der Waals surface area contributed by atoms with E-state index in [0.29, 0.717) is 28.3 Å². The maximum atomic E-state index is 11.2. The number of carboxylic acid groups (broad SMARTS) is 1. The van der Waals surface area contributed by atoms with Gasteiger partial charge in [-0.25, -0.2) is 9.78 Å². The Kier molecular flexibility index (Phi) is 3.42. The van der Waals surface area contributed by atoms with E-state index in [1.807, 2.05) is 12.1 Å². The Morgan fingerprint density at radius 2 is 2.19 bits per heavy atom. The minimum atomic E-state index is -0.939. The van der Waals surface area contributed by atoms with Gasteiger partial charge in [0.1, 0.15) is 4.60 Å². The van der Waals surface area contributed by atoms with Gasteiger partial charge in [0.15, 0.2) is 5.82 Å². The Bertz CT molecular complexity index is 720. The largest absolute Gasteiger partial charge is 0.465 e. The number of halogens is 1. The summed E-state index contributed by atoms with van der Waals surface area (Å²) in [4.78, 5) is 16.8. The van der Waals surface area contributed by atoms with Gasteiger partial charge in [0, 0.05) is 12.2 Å². The summed E-state index contributed by atoms with van der Waals surface area (Å²) in [5, 5.41) is 12.3. The zero-order valence-corrected chi connectivity index (χ0v) is 12.6. The minimum absolute atomic E-state index is 0.491. The molecule has 2 aromatic rings. The molecule has 21 heavy (non-hydrogen) atoms. The number of benzene rings is 1. The SMILES string of the molecule is Nc1ccc(Br)nc1Nc1ccc2c(c1)N(C(=O)O)CC2. The maximum absolute atomic E-state index is 11.2. The Labute approximate surface area is 129 Å². The van der Waals surface area contributed by atoms with Crippen LogP contribution in [-0.2, 0) is 6.42 Å². The van der Waals surface area contributed by atoms with Crippen molar-refractivity contribution in [1.29, 1.82) is 0 Å². The van der Waals surface area contributed by atoms with Gasteiger partial charge in [0.05, 0.1) is 11.4 Å². The number of fused-ring (bicyclic) bond motifs is 1. The summed E-state index contributed by atoms with van der Waals surface area (Å²) in [5.41, 5.74) is 8.88. The van der Waals surface area contributed by atoms with Crippen molar-refractivity contribution in [1.82, 2.24) is 4.98 Å². The number of nitrogen functional groups attached to an aromatic ring is 1. The monoisotopic (exact) mass is 348 g/mol. The predicted molar refractivity (Wildman–Crippen MR) is 85.1 cm³/mol. The lowest BCUT2D eigenvalue weighted by Crippen LogP contribution is -2.26. The van der Waals surface area contributed by atoms with Gasteiger partial charge in [-0.2, -0.15) is 0 Å². The van der Waals surface area contributed by atoms with Crippen molar-refractivity contribution < 1.29 is 9.90 Å². The van der Waals surface area contributed by atoms with Crippen LogP contribution in [0.1, 0.15) is 5.56 Å². The van der Waals surface area contributed by atoms with Crippen molar-refractivity contribution in [2.45, 2.75) is 6.42 Å². The number of rotatable bonds is 2. The van der Waals surface area contributed by atoms with Gasteiger partial charge < -0.3 is 16.2 Å². The first kappa shape index (κ1) is 13.7. The topological polar surface area (TPSA) is 91.5 Å². The first-order valence-corrected chi connectivity index (χ1v) is 7.16. The number of nitrogens with one attached hydrogen (secondary N) is 1. The van der Waals surface area contributed by atoms with E-state index in [1.54, 1.807) is 18.2 Å². The summed E-state index contributed by atoms with van der Waals surface area (Å²) < 4.78 is 0.674. The van der Waals surface area contributed by atoms with Crippen LogP contribution in [0.25, 0.3) is 0 Å². The van der Waals surface area contributed by atoms with E-state index in [9.17, 15) is 9.90 Å². The molecule has 1 aliphatic rings. The number of carbonyl (C=O) groups is 1. The first-order valence-electron chi connectivity index (χ1n) is 6.37. The fourth-order valence-corrected chi connectivity index (χ4v) is 2.65. The number of aromatic nitrogens is 1. The highest BCUT2D eigenvalue weighted by atomic mass is 79.9. The second-order valence-electron chi connectivity index (χ2n) is 4.72. The third-order valence-corrected chi connectivity index (χ3v) is 3.81. The lowest BCUT2D eigenvalue weighted by atomic mass is 10.1. The molecule has 7 heteroatoms. The second-order valence-corrected chi connectivity index (χ2v) is 5.54. The Hall–Kier alpha value is -2.28. The summed E-state index contributed by atoms with van der Waals surface area (Å²) >= 11 is 3.30. The molecule has 6 nitrogen and oxygen atoms in total. The zero-order valence-electron chi connectivity index (χ0n) is 11.0. The standard InChI is InChI=1S/C14H13BrN4O2/c15-12-4-3-10(16)13(18-12)17-9-2-1-8-5-6-19(14(20)21)11(8)7-9/h1-4,7H,5-6,16H2,(H,17,18)(H,20,21). The van der Waals surface area contributed by atoms with Gasteiger partial charge in [0.2, 0.25) is 0 Å². The molecule has 1 amide bonds. The maximum Gasteiger partial charge on any atom is 0.411 e. The van der Waals surface area contributed by atoms with E-state index >= 15 is 0 Å². The summed E-state index contributed by atoms with van der Waals surface area (Å²) in [6.07, 6.45) is -0.204. The van der Waals surface area contributed by atoms with Crippen LogP contribution in [0.3, 0.4) is 0 Å².